The maximum atomic E-state index is 13.6. The van der Waals surface area contributed by atoms with E-state index in [1.165, 1.54) is 12.1 Å². The van der Waals surface area contributed by atoms with Gasteiger partial charge < -0.3 is 14.8 Å². The number of dihydropyridines is 1. The van der Waals surface area contributed by atoms with E-state index in [0.717, 1.165) is 11.1 Å². The summed E-state index contributed by atoms with van der Waals surface area (Å²) in [7, 11) is 3.88. The van der Waals surface area contributed by atoms with Crippen LogP contribution < -0.4 is 5.32 Å². The Morgan fingerprint density at radius 1 is 0.761 bits per heavy atom. The standard InChI is InChI=1S/C35H40N4O6.ClH/c1-25-31(34(40)44-20-18-37(3)23-27-12-7-5-8-13-27)33(29-16-11-17-30(22-29)39(42)43)32(26(2)36-25)35(41)45-21-19-38(4)24-28-14-9-6-10-15-28;/h5-17,22,33,36H,18-21,23-24H2,1-4H3;1H. The van der Waals surface area contributed by atoms with E-state index in [4.69, 9.17) is 9.47 Å². The van der Waals surface area contributed by atoms with Crippen LogP contribution in [0.2, 0.25) is 0 Å². The lowest BCUT2D eigenvalue weighted by atomic mass is 9.80. The minimum Gasteiger partial charge on any atom is -0.461 e. The van der Waals surface area contributed by atoms with Crippen molar-refractivity contribution in [2.24, 2.45) is 0 Å². The number of allylic oxidation sites excluding steroid dienone is 2. The topological polar surface area (TPSA) is 114 Å². The van der Waals surface area contributed by atoms with Crippen molar-refractivity contribution in [1.29, 1.82) is 0 Å². The molecule has 0 unspecified atom stereocenters. The zero-order chi connectivity index (χ0) is 32.3. The molecule has 0 aromatic heterocycles. The first-order chi connectivity index (χ1) is 21.6. The number of nitrogens with zero attached hydrogens (tertiary/aromatic N) is 3. The summed E-state index contributed by atoms with van der Waals surface area (Å²) in [5.74, 6) is -2.13. The van der Waals surface area contributed by atoms with Gasteiger partial charge in [-0.05, 0) is 44.6 Å². The second-order valence-electron chi connectivity index (χ2n) is 11.2. The molecule has 3 aromatic carbocycles. The Morgan fingerprint density at radius 2 is 1.22 bits per heavy atom. The molecular formula is C35H41ClN4O6. The van der Waals surface area contributed by atoms with Gasteiger partial charge in [0, 0.05) is 49.7 Å². The van der Waals surface area contributed by atoms with Crippen molar-refractivity contribution >= 4 is 30.0 Å². The summed E-state index contributed by atoms with van der Waals surface area (Å²) in [6.07, 6.45) is 0. The number of benzene rings is 3. The molecule has 46 heavy (non-hydrogen) atoms. The number of non-ortho nitro benzene ring substituents is 1. The van der Waals surface area contributed by atoms with Gasteiger partial charge in [0.1, 0.15) is 13.2 Å². The fourth-order valence-electron chi connectivity index (χ4n) is 5.38. The van der Waals surface area contributed by atoms with Crippen molar-refractivity contribution in [2.75, 3.05) is 40.4 Å². The number of nitrogens with one attached hydrogen (secondary N) is 1. The number of hydrogen-bond acceptors (Lipinski definition) is 9. The third-order valence-corrected chi connectivity index (χ3v) is 7.62. The van der Waals surface area contributed by atoms with Crippen molar-refractivity contribution in [1.82, 2.24) is 15.1 Å². The average molecular weight is 649 g/mol. The summed E-state index contributed by atoms with van der Waals surface area (Å²) < 4.78 is 11.5. The Bertz CT molecular complexity index is 1470. The highest BCUT2D eigenvalue weighted by Crippen LogP contribution is 2.40. The molecule has 3 aromatic rings. The summed E-state index contributed by atoms with van der Waals surface area (Å²) in [5.41, 5.74) is 3.98. The van der Waals surface area contributed by atoms with Gasteiger partial charge in [-0.3, -0.25) is 19.9 Å². The molecule has 1 aliphatic heterocycles. The molecule has 0 radical (unpaired) electrons. The van der Waals surface area contributed by atoms with E-state index in [9.17, 15) is 19.7 Å². The average Bonchev–Trinajstić information content (AvgIpc) is 3.01. The summed E-state index contributed by atoms with van der Waals surface area (Å²) in [5, 5.41) is 14.8. The number of ether oxygens (including phenoxy) is 2. The first-order valence-corrected chi connectivity index (χ1v) is 14.9. The molecule has 244 valence electrons. The molecular weight excluding hydrogens is 608 g/mol. The Hall–Kier alpha value is -4.51. The van der Waals surface area contributed by atoms with Gasteiger partial charge in [-0.1, -0.05) is 72.8 Å². The lowest BCUT2D eigenvalue weighted by Crippen LogP contribution is -2.34. The molecule has 1 aliphatic rings. The van der Waals surface area contributed by atoms with Gasteiger partial charge >= 0.3 is 11.9 Å². The third-order valence-electron chi connectivity index (χ3n) is 7.62. The molecule has 0 bridgehead atoms. The van der Waals surface area contributed by atoms with Crippen LogP contribution in [0.5, 0.6) is 0 Å². The molecule has 10 nitrogen and oxygen atoms in total. The number of hydrogen-bond donors (Lipinski definition) is 1. The molecule has 0 saturated carbocycles. The van der Waals surface area contributed by atoms with Gasteiger partial charge in [0.05, 0.1) is 22.0 Å². The predicted molar refractivity (Wildman–Crippen MR) is 179 cm³/mol. The maximum Gasteiger partial charge on any atom is 0.336 e. The van der Waals surface area contributed by atoms with Gasteiger partial charge in [-0.2, -0.15) is 0 Å². The van der Waals surface area contributed by atoms with E-state index in [-0.39, 0.29) is 42.5 Å². The van der Waals surface area contributed by atoms with Crippen LogP contribution in [0.15, 0.2) is 107 Å². The molecule has 1 N–H and O–H groups in total. The molecule has 0 aliphatic carbocycles. The lowest BCUT2D eigenvalue weighted by molar-refractivity contribution is -0.384. The van der Waals surface area contributed by atoms with E-state index in [1.807, 2.05) is 84.6 Å². The van der Waals surface area contributed by atoms with Crippen molar-refractivity contribution in [3.63, 3.8) is 0 Å². The lowest BCUT2D eigenvalue weighted by Gasteiger charge is -2.30. The van der Waals surface area contributed by atoms with Crippen molar-refractivity contribution < 1.29 is 24.0 Å². The highest BCUT2D eigenvalue weighted by molar-refractivity contribution is 6.00. The largest absolute Gasteiger partial charge is 0.461 e. The number of nitro groups is 1. The van der Waals surface area contributed by atoms with Gasteiger partial charge in [-0.15, -0.1) is 12.4 Å². The highest BCUT2D eigenvalue weighted by atomic mass is 35.5. The maximum absolute atomic E-state index is 13.6. The molecule has 0 amide bonds. The zero-order valence-corrected chi connectivity index (χ0v) is 27.4. The Kier molecular flexibility index (Phi) is 13.5. The minimum atomic E-state index is -0.921. The molecule has 0 spiro atoms. The van der Waals surface area contributed by atoms with Gasteiger partial charge in [0.2, 0.25) is 0 Å². The first kappa shape index (κ1) is 36.0. The second kappa shape index (κ2) is 17.3. The number of likely N-dealkylation sites (N-methyl/N-ethyl adjacent to an activating group) is 2. The number of halogens is 1. The molecule has 1 heterocycles. The molecule has 4 rings (SSSR count). The zero-order valence-electron chi connectivity index (χ0n) is 26.6. The van der Waals surface area contributed by atoms with Gasteiger partial charge in [0.15, 0.2) is 0 Å². The van der Waals surface area contributed by atoms with E-state index >= 15 is 0 Å². The normalized spacial score (nSPS) is 13.3. The van der Waals surface area contributed by atoms with Crippen molar-refractivity contribution in [3.8, 4) is 0 Å². The van der Waals surface area contributed by atoms with Gasteiger partial charge in [-0.25, -0.2) is 9.59 Å². The molecule has 0 saturated heterocycles. The Morgan fingerprint density at radius 3 is 1.65 bits per heavy atom. The van der Waals surface area contributed by atoms with E-state index in [0.29, 0.717) is 43.1 Å². The molecule has 11 heteroatoms. The third kappa shape index (κ3) is 9.74. The number of nitro benzene ring substituents is 1. The fourth-order valence-corrected chi connectivity index (χ4v) is 5.38. The van der Waals surface area contributed by atoms with Crippen LogP contribution in [0, 0.1) is 10.1 Å². The van der Waals surface area contributed by atoms with Crippen LogP contribution in [-0.2, 0) is 32.2 Å². The van der Waals surface area contributed by atoms with Crippen LogP contribution in [-0.4, -0.2) is 67.1 Å². The SMILES string of the molecule is CC1=C(C(=O)OCCN(C)Cc2ccccc2)C(c2cccc([N+](=O)[O-])c2)C(C(=O)OCCN(C)Cc2ccccc2)=C(C)N1.Cl. The Labute approximate surface area is 276 Å². The minimum absolute atomic E-state index is 0. The van der Waals surface area contributed by atoms with E-state index < -0.39 is 22.8 Å². The first-order valence-electron chi connectivity index (χ1n) is 14.9. The van der Waals surface area contributed by atoms with Gasteiger partial charge in [0.25, 0.3) is 5.69 Å². The number of esters is 2. The quantitative estimate of drug-likeness (QED) is 0.135. The highest BCUT2D eigenvalue weighted by Gasteiger charge is 2.38. The van der Waals surface area contributed by atoms with Crippen LogP contribution in [0.4, 0.5) is 5.69 Å². The van der Waals surface area contributed by atoms with Crippen molar-refractivity contribution in [3.05, 3.63) is 134 Å². The second-order valence-corrected chi connectivity index (χ2v) is 11.2. The predicted octanol–water partition coefficient (Wildman–Crippen LogP) is 5.60. The number of carbonyl (C=O) groups excluding carboxylic acids is 2. The summed E-state index contributed by atoms with van der Waals surface area (Å²) in [4.78, 5) is 42.5. The smallest absolute Gasteiger partial charge is 0.336 e. The molecule has 0 fully saturated rings. The van der Waals surface area contributed by atoms with Crippen molar-refractivity contribution in [2.45, 2.75) is 32.9 Å². The monoisotopic (exact) mass is 648 g/mol. The summed E-state index contributed by atoms with van der Waals surface area (Å²) >= 11 is 0. The van der Waals surface area contributed by atoms with Crippen LogP contribution in [0.25, 0.3) is 0 Å². The van der Waals surface area contributed by atoms with Crippen LogP contribution in [0.3, 0.4) is 0 Å². The van der Waals surface area contributed by atoms with E-state index in [2.05, 4.69) is 5.32 Å². The number of rotatable bonds is 14. The van der Waals surface area contributed by atoms with E-state index in [1.54, 1.807) is 26.0 Å². The Balaban J connectivity index is 0.00000576. The molecule has 0 atom stereocenters. The van der Waals surface area contributed by atoms with Crippen LogP contribution in [0.1, 0.15) is 36.5 Å². The number of carbonyl (C=O) groups is 2. The summed E-state index contributed by atoms with van der Waals surface area (Å²) in [6.45, 7) is 6.06. The fraction of sp³-hybridized carbons (Fsp3) is 0.314. The van der Waals surface area contributed by atoms with Crippen LogP contribution >= 0.6 is 12.4 Å². The summed E-state index contributed by atoms with van der Waals surface area (Å²) in [6, 6.07) is 25.9.